The van der Waals surface area contributed by atoms with E-state index in [0.717, 1.165) is 23.2 Å². The Hall–Kier alpha value is -3.37. The van der Waals surface area contributed by atoms with Crippen LogP contribution in [-0.4, -0.2) is 48.1 Å². The molecule has 0 spiro atoms. The van der Waals surface area contributed by atoms with Crippen LogP contribution in [0.15, 0.2) is 109 Å². The van der Waals surface area contributed by atoms with E-state index in [0.29, 0.717) is 16.8 Å². The SMILES string of the molecule is CC(C)CP(=O)(O[Si](C)(c1ccccc1)c1ccccc1)C(=O)C(C)(C)C.CCCC(C)(C)[Si](C)(C)OP(=O)(C(=O)c1c(OC)cccc1OC)c1ccccc1. The first-order chi connectivity index (χ1) is 26.5. The maximum atomic E-state index is 14.5. The fourth-order valence-electron chi connectivity index (χ4n) is 6.65. The minimum Gasteiger partial charge on any atom is -0.496 e. The summed E-state index contributed by atoms with van der Waals surface area (Å²) in [5, 5.41) is 2.25. The van der Waals surface area contributed by atoms with Crippen LogP contribution in [0.1, 0.15) is 78.6 Å². The molecular weight excluding hydrogens is 787 g/mol. The molecule has 2 unspecified atom stereocenters. The molecule has 4 rings (SSSR count). The molecule has 310 valence electrons. The van der Waals surface area contributed by atoms with Gasteiger partial charge in [0.2, 0.25) is 13.8 Å². The number of hydrogen-bond donors (Lipinski definition) is 0. The summed E-state index contributed by atoms with van der Waals surface area (Å²) < 4.78 is 52.3. The molecule has 12 heteroatoms. The number of carbonyl (C=O) groups is 2. The smallest absolute Gasteiger partial charge is 0.291 e. The van der Waals surface area contributed by atoms with Crippen molar-refractivity contribution in [2.75, 3.05) is 20.4 Å². The molecule has 0 saturated heterocycles. The van der Waals surface area contributed by atoms with E-state index in [9.17, 15) is 18.7 Å². The first-order valence-corrected chi connectivity index (χ1v) is 28.4. The highest BCUT2D eigenvalue weighted by Gasteiger charge is 2.50. The zero-order valence-corrected chi connectivity index (χ0v) is 40.0. The standard InChI is InChI=1S/C23H33O5PSi.C22H31O3PSi/c1-8-17-23(2,3)30(6,7)28-29(25,18-13-10-9-11-14-18)22(24)21-19(26-4)15-12-16-20(21)27-5;1-18(2)17-26(24,21(23)22(3,4)5)25-27(6,19-13-9-7-10-14-19)20-15-11-8-12-16-20/h9-16H,8,17H2,1-7H3;7-16,18H,17H2,1-6H3. The van der Waals surface area contributed by atoms with Gasteiger partial charge >= 0.3 is 0 Å². The van der Waals surface area contributed by atoms with Crippen LogP contribution < -0.4 is 25.2 Å². The van der Waals surface area contributed by atoms with E-state index in [-0.39, 0.29) is 28.2 Å². The third kappa shape index (κ3) is 11.4. The second-order valence-electron chi connectivity index (χ2n) is 17.1. The van der Waals surface area contributed by atoms with Gasteiger partial charge in [-0.05, 0) is 71.7 Å². The molecule has 57 heavy (non-hydrogen) atoms. The van der Waals surface area contributed by atoms with Crippen LogP contribution in [0.5, 0.6) is 11.5 Å². The van der Waals surface area contributed by atoms with Crippen LogP contribution in [0.25, 0.3) is 0 Å². The van der Waals surface area contributed by atoms with Crippen molar-refractivity contribution in [3.63, 3.8) is 0 Å². The first kappa shape index (κ1) is 48.0. The zero-order chi connectivity index (χ0) is 42.9. The molecule has 4 aromatic rings. The molecule has 0 aromatic heterocycles. The number of carbonyl (C=O) groups excluding carboxylic acids is 2. The quantitative estimate of drug-likeness (QED) is 0.0764. The van der Waals surface area contributed by atoms with Crippen LogP contribution >= 0.6 is 14.7 Å². The molecule has 0 saturated carbocycles. The molecule has 0 amide bonds. The summed E-state index contributed by atoms with van der Waals surface area (Å²) in [6, 6.07) is 33.6. The van der Waals surface area contributed by atoms with Crippen molar-refractivity contribution in [3.8, 4) is 11.5 Å². The minimum absolute atomic E-state index is 0.104. The maximum Gasteiger partial charge on any atom is 0.291 e. The van der Waals surface area contributed by atoms with Crippen molar-refractivity contribution < 1.29 is 36.6 Å². The number of hydrogen-bond acceptors (Lipinski definition) is 8. The fourth-order valence-corrected chi connectivity index (χ4v) is 21.1. The second-order valence-corrected chi connectivity index (χ2v) is 30.3. The average molecular weight is 851 g/mol. The molecule has 4 aromatic carbocycles. The van der Waals surface area contributed by atoms with Crippen LogP contribution in [-0.2, 0) is 22.4 Å². The predicted octanol–water partition coefficient (Wildman–Crippen LogP) is 11.1. The zero-order valence-electron chi connectivity index (χ0n) is 36.3. The Bertz CT molecular complexity index is 1970. The van der Waals surface area contributed by atoms with Gasteiger partial charge in [0.15, 0.2) is 0 Å². The summed E-state index contributed by atoms with van der Waals surface area (Å²) in [5.74, 6) is 0.727. The highest BCUT2D eigenvalue weighted by molar-refractivity contribution is 7.84. The lowest BCUT2D eigenvalue weighted by atomic mass is 9.99. The second kappa shape index (κ2) is 19.6. The highest BCUT2D eigenvalue weighted by atomic mass is 31.2. The number of benzene rings is 4. The van der Waals surface area contributed by atoms with Crippen molar-refractivity contribution in [3.05, 3.63) is 115 Å². The van der Waals surface area contributed by atoms with Gasteiger partial charge in [0.1, 0.15) is 17.1 Å². The van der Waals surface area contributed by atoms with Crippen LogP contribution in [0.4, 0.5) is 0 Å². The van der Waals surface area contributed by atoms with Gasteiger partial charge in [0.05, 0.1) is 14.2 Å². The summed E-state index contributed by atoms with van der Waals surface area (Å²) in [4.78, 5) is 27.1. The lowest BCUT2D eigenvalue weighted by molar-refractivity contribution is -0.119. The molecule has 0 aliphatic rings. The topological polar surface area (TPSA) is 105 Å². The number of rotatable bonds is 17. The normalized spacial score (nSPS) is 14.4. The van der Waals surface area contributed by atoms with Crippen molar-refractivity contribution in [1.82, 2.24) is 0 Å². The van der Waals surface area contributed by atoms with E-state index >= 15 is 0 Å². The Labute approximate surface area is 344 Å². The third-order valence-corrected chi connectivity index (χ3v) is 26.5. The molecule has 0 bridgehead atoms. The average Bonchev–Trinajstić information content (AvgIpc) is 3.17. The van der Waals surface area contributed by atoms with E-state index in [1.807, 2.05) is 121 Å². The summed E-state index contributed by atoms with van der Waals surface area (Å²) in [7, 11) is -9.93. The molecule has 2 atom stereocenters. The van der Waals surface area contributed by atoms with E-state index in [2.05, 4.69) is 20.8 Å². The van der Waals surface area contributed by atoms with Gasteiger partial charge < -0.3 is 17.9 Å². The number of methoxy groups -OCH3 is 2. The molecule has 8 nitrogen and oxygen atoms in total. The largest absolute Gasteiger partial charge is 0.496 e. The molecule has 0 heterocycles. The lowest BCUT2D eigenvalue weighted by Gasteiger charge is -2.41. The van der Waals surface area contributed by atoms with E-state index < -0.39 is 42.3 Å². The molecule has 0 radical (unpaired) electrons. The van der Waals surface area contributed by atoms with Gasteiger partial charge in [-0.1, -0.05) is 147 Å². The third-order valence-electron chi connectivity index (χ3n) is 10.4. The Kier molecular flexibility index (Phi) is 16.5. The molecule has 0 aliphatic heterocycles. The van der Waals surface area contributed by atoms with Crippen molar-refractivity contribution >= 4 is 58.1 Å². The van der Waals surface area contributed by atoms with Gasteiger partial charge in [-0.2, -0.15) is 0 Å². The highest BCUT2D eigenvalue weighted by Crippen LogP contribution is 2.58. The predicted molar refractivity (Wildman–Crippen MR) is 242 cm³/mol. The van der Waals surface area contributed by atoms with Gasteiger partial charge in [-0.3, -0.25) is 18.7 Å². The van der Waals surface area contributed by atoms with Crippen LogP contribution in [0, 0.1) is 11.3 Å². The summed E-state index contributed by atoms with van der Waals surface area (Å²) in [5.41, 5.74) is -1.44. The van der Waals surface area contributed by atoms with Gasteiger partial charge in [0, 0.05) is 16.9 Å². The van der Waals surface area contributed by atoms with Crippen molar-refractivity contribution in [1.29, 1.82) is 0 Å². The fraction of sp³-hybridized carbons (Fsp3) is 0.422. The Morgan fingerprint density at radius 3 is 1.49 bits per heavy atom. The Balaban J connectivity index is 0.000000307. The van der Waals surface area contributed by atoms with E-state index in [1.54, 1.807) is 42.5 Å². The summed E-state index contributed by atoms with van der Waals surface area (Å²) in [6.45, 7) is 21.9. The first-order valence-electron chi connectivity index (χ1n) is 19.6. The monoisotopic (exact) mass is 850 g/mol. The van der Waals surface area contributed by atoms with Crippen LogP contribution in [0.2, 0.25) is 24.7 Å². The molecule has 0 N–H and O–H groups in total. The van der Waals surface area contributed by atoms with E-state index in [1.165, 1.54) is 14.2 Å². The molecule has 0 aliphatic carbocycles. The van der Waals surface area contributed by atoms with Crippen LogP contribution in [0.3, 0.4) is 0 Å². The molecule has 0 fully saturated rings. The van der Waals surface area contributed by atoms with Crippen molar-refractivity contribution in [2.45, 2.75) is 92.9 Å². The maximum absolute atomic E-state index is 14.5. The van der Waals surface area contributed by atoms with E-state index in [4.69, 9.17) is 17.9 Å². The Morgan fingerprint density at radius 2 is 1.11 bits per heavy atom. The van der Waals surface area contributed by atoms with Gasteiger partial charge in [-0.15, -0.1) is 0 Å². The summed E-state index contributed by atoms with van der Waals surface area (Å²) in [6.07, 6.45) is 2.18. The summed E-state index contributed by atoms with van der Waals surface area (Å²) >= 11 is 0. The molecular formula is C45H64O8P2Si2. The Morgan fingerprint density at radius 1 is 0.667 bits per heavy atom. The van der Waals surface area contributed by atoms with Crippen molar-refractivity contribution in [2.24, 2.45) is 11.3 Å². The minimum atomic E-state index is -3.94. The van der Waals surface area contributed by atoms with Gasteiger partial charge in [0.25, 0.3) is 28.6 Å². The van der Waals surface area contributed by atoms with Gasteiger partial charge in [-0.25, -0.2) is 0 Å². The number of ether oxygens (including phenoxy) is 2. The lowest BCUT2D eigenvalue weighted by Crippen LogP contribution is -2.58.